The molecule has 0 N–H and O–H groups in total. The Labute approximate surface area is 91.2 Å². The molecule has 15 heavy (non-hydrogen) atoms. The summed E-state index contributed by atoms with van der Waals surface area (Å²) in [6.45, 7) is 6.33. The van der Waals surface area contributed by atoms with Crippen molar-refractivity contribution in [1.29, 1.82) is 0 Å². The molecule has 2 heteroatoms. The summed E-state index contributed by atoms with van der Waals surface area (Å²) >= 11 is 0. The van der Waals surface area contributed by atoms with Crippen LogP contribution in [0.15, 0.2) is 36.2 Å². The topological polar surface area (TPSA) is 12.5 Å². The summed E-state index contributed by atoms with van der Waals surface area (Å²) in [5, 5.41) is 0. The largest absolute Gasteiger partial charge is 0.463 e. The Balaban J connectivity index is 2.26. The molecule has 1 heterocycles. The summed E-state index contributed by atoms with van der Waals surface area (Å²) in [5.74, 6) is 0.982. The fourth-order valence-electron chi connectivity index (χ4n) is 1.83. The zero-order chi connectivity index (χ0) is 10.7. The van der Waals surface area contributed by atoms with Crippen molar-refractivity contribution >= 4 is 0 Å². The number of rotatable bonds is 2. The molecule has 0 atom stereocenters. The number of fused-ring (bicyclic) bond motifs is 1. The summed E-state index contributed by atoms with van der Waals surface area (Å²) in [6, 6.07) is 8.23. The van der Waals surface area contributed by atoms with Gasteiger partial charge in [0.1, 0.15) is 12.0 Å². The van der Waals surface area contributed by atoms with Crippen LogP contribution in [0.1, 0.15) is 25.8 Å². The highest BCUT2D eigenvalue weighted by molar-refractivity contribution is 5.35. The van der Waals surface area contributed by atoms with E-state index in [0.717, 1.165) is 25.3 Å². The molecule has 1 aliphatic heterocycles. The van der Waals surface area contributed by atoms with E-state index in [2.05, 4.69) is 30.9 Å². The van der Waals surface area contributed by atoms with Crippen LogP contribution in [0.2, 0.25) is 0 Å². The summed E-state index contributed by atoms with van der Waals surface area (Å²) in [7, 11) is 0. The number of ether oxygens (including phenoxy) is 1. The van der Waals surface area contributed by atoms with Crippen molar-refractivity contribution in [2.24, 2.45) is 0 Å². The molecule has 0 saturated carbocycles. The summed E-state index contributed by atoms with van der Waals surface area (Å²) in [5.41, 5.74) is 2.46. The number of benzene rings is 1. The van der Waals surface area contributed by atoms with Crippen LogP contribution in [0.4, 0.5) is 0 Å². The van der Waals surface area contributed by atoms with E-state index >= 15 is 0 Å². The van der Waals surface area contributed by atoms with Gasteiger partial charge in [-0.2, -0.15) is 0 Å². The average Bonchev–Trinajstić information content (AvgIpc) is 2.41. The van der Waals surface area contributed by atoms with E-state index in [4.69, 9.17) is 4.74 Å². The normalized spacial score (nSPS) is 15.1. The second-order valence-electron chi connectivity index (χ2n) is 3.91. The molecule has 0 aromatic heterocycles. The second-order valence-corrected chi connectivity index (χ2v) is 3.91. The molecule has 0 aliphatic carbocycles. The van der Waals surface area contributed by atoms with E-state index in [9.17, 15) is 0 Å². The van der Waals surface area contributed by atoms with E-state index in [1.54, 1.807) is 0 Å². The van der Waals surface area contributed by atoms with Crippen LogP contribution >= 0.6 is 0 Å². The van der Waals surface area contributed by atoms with Gasteiger partial charge in [-0.25, -0.2) is 0 Å². The summed E-state index contributed by atoms with van der Waals surface area (Å²) in [4.78, 5) is 2.35. The lowest BCUT2D eigenvalue weighted by Crippen LogP contribution is -2.21. The van der Waals surface area contributed by atoms with Gasteiger partial charge in [0.05, 0.1) is 0 Å². The minimum Gasteiger partial charge on any atom is -0.463 e. The first kappa shape index (κ1) is 10.1. The van der Waals surface area contributed by atoms with Gasteiger partial charge in [0.15, 0.2) is 0 Å². The quantitative estimate of drug-likeness (QED) is 0.732. The average molecular weight is 203 g/mol. The molecule has 80 valence electrons. The molecular formula is C13H17NO. The lowest BCUT2D eigenvalue weighted by atomic mass is 10.2. The molecule has 0 fully saturated rings. The minimum atomic E-state index is 0.951. The molecule has 0 unspecified atom stereocenters. The van der Waals surface area contributed by atoms with Crippen molar-refractivity contribution in [2.75, 3.05) is 6.54 Å². The van der Waals surface area contributed by atoms with Gasteiger partial charge in [-0.1, -0.05) is 25.1 Å². The van der Waals surface area contributed by atoms with E-state index < -0.39 is 0 Å². The van der Waals surface area contributed by atoms with Crippen LogP contribution in [-0.4, -0.2) is 11.4 Å². The first-order valence-corrected chi connectivity index (χ1v) is 5.47. The number of hydrogen-bond acceptors (Lipinski definition) is 2. The van der Waals surface area contributed by atoms with Crippen molar-refractivity contribution in [3.8, 4) is 5.75 Å². The van der Waals surface area contributed by atoms with Gasteiger partial charge in [-0.3, -0.25) is 0 Å². The predicted molar refractivity (Wildman–Crippen MR) is 61.5 cm³/mol. The van der Waals surface area contributed by atoms with Crippen molar-refractivity contribution in [3.05, 3.63) is 41.8 Å². The molecule has 2 rings (SSSR count). The maximum Gasteiger partial charge on any atom is 0.131 e. The number of allylic oxidation sites excluding steroid dienone is 1. The van der Waals surface area contributed by atoms with E-state index in [-0.39, 0.29) is 0 Å². The van der Waals surface area contributed by atoms with Crippen molar-refractivity contribution in [1.82, 2.24) is 4.90 Å². The maximum absolute atomic E-state index is 5.63. The lowest BCUT2D eigenvalue weighted by Gasteiger charge is -2.22. The van der Waals surface area contributed by atoms with Gasteiger partial charge in [0.2, 0.25) is 0 Å². The first-order chi connectivity index (χ1) is 7.31. The maximum atomic E-state index is 5.63. The van der Waals surface area contributed by atoms with Crippen LogP contribution in [-0.2, 0) is 6.54 Å². The smallest absolute Gasteiger partial charge is 0.131 e. The third kappa shape index (κ3) is 2.14. The second kappa shape index (κ2) is 4.39. The van der Waals surface area contributed by atoms with Gasteiger partial charge < -0.3 is 9.64 Å². The Bertz CT molecular complexity index is 371. The molecule has 0 bridgehead atoms. The van der Waals surface area contributed by atoms with Gasteiger partial charge >= 0.3 is 0 Å². The van der Waals surface area contributed by atoms with Gasteiger partial charge in [0, 0.05) is 24.4 Å². The zero-order valence-corrected chi connectivity index (χ0v) is 9.36. The molecule has 0 amide bonds. The van der Waals surface area contributed by atoms with Crippen molar-refractivity contribution in [3.63, 3.8) is 0 Å². The van der Waals surface area contributed by atoms with Crippen molar-refractivity contribution in [2.45, 2.75) is 26.8 Å². The van der Waals surface area contributed by atoms with Gasteiger partial charge in [-0.05, 0) is 19.4 Å². The molecule has 1 aromatic rings. The Morgan fingerprint density at radius 1 is 1.33 bits per heavy atom. The highest BCUT2D eigenvalue weighted by atomic mass is 16.5. The SMILES string of the molecule is CCCN1Cc2ccccc2OC=C1C. The van der Waals surface area contributed by atoms with Crippen LogP contribution < -0.4 is 4.74 Å². The molecular weight excluding hydrogens is 186 g/mol. The standard InChI is InChI=1S/C13H17NO/c1-3-8-14-9-12-6-4-5-7-13(12)15-10-11(14)2/h4-7,10H,3,8-9H2,1-2H3. The third-order valence-electron chi connectivity index (χ3n) is 2.68. The number of hydrogen-bond donors (Lipinski definition) is 0. The Kier molecular flexibility index (Phi) is 2.95. The molecule has 0 radical (unpaired) electrons. The molecule has 0 saturated heterocycles. The molecule has 0 spiro atoms. The van der Waals surface area contributed by atoms with Crippen LogP contribution in [0, 0.1) is 0 Å². The van der Waals surface area contributed by atoms with E-state index in [1.807, 2.05) is 18.4 Å². The highest BCUT2D eigenvalue weighted by Gasteiger charge is 2.13. The minimum absolute atomic E-state index is 0.951. The fraction of sp³-hybridized carbons (Fsp3) is 0.385. The van der Waals surface area contributed by atoms with E-state index in [1.165, 1.54) is 11.3 Å². The number of para-hydroxylation sites is 1. The zero-order valence-electron chi connectivity index (χ0n) is 9.36. The third-order valence-corrected chi connectivity index (χ3v) is 2.68. The van der Waals surface area contributed by atoms with Crippen molar-refractivity contribution < 1.29 is 4.74 Å². The highest BCUT2D eigenvalue weighted by Crippen LogP contribution is 2.25. The lowest BCUT2D eigenvalue weighted by molar-refractivity contribution is 0.336. The Morgan fingerprint density at radius 3 is 2.93 bits per heavy atom. The molecule has 2 nitrogen and oxygen atoms in total. The van der Waals surface area contributed by atoms with Crippen LogP contribution in [0.5, 0.6) is 5.75 Å². The first-order valence-electron chi connectivity index (χ1n) is 5.47. The van der Waals surface area contributed by atoms with E-state index in [0.29, 0.717) is 0 Å². The van der Waals surface area contributed by atoms with Gasteiger partial charge in [-0.15, -0.1) is 0 Å². The summed E-state index contributed by atoms with van der Waals surface area (Å²) < 4.78 is 5.63. The molecule has 1 aromatic carbocycles. The summed E-state index contributed by atoms with van der Waals surface area (Å²) in [6.07, 6.45) is 3.01. The predicted octanol–water partition coefficient (Wildman–Crippen LogP) is 3.15. The Morgan fingerprint density at radius 2 is 2.13 bits per heavy atom. The molecule has 1 aliphatic rings. The Hall–Kier alpha value is -1.44. The van der Waals surface area contributed by atoms with Crippen LogP contribution in [0.25, 0.3) is 0 Å². The number of nitrogens with zero attached hydrogens (tertiary/aromatic N) is 1. The monoisotopic (exact) mass is 203 g/mol. The van der Waals surface area contributed by atoms with Crippen LogP contribution in [0.3, 0.4) is 0 Å². The van der Waals surface area contributed by atoms with Gasteiger partial charge in [0.25, 0.3) is 0 Å². The fourth-order valence-corrected chi connectivity index (χ4v) is 1.83.